The minimum absolute atomic E-state index is 0.0456. The quantitative estimate of drug-likeness (QED) is 0.367. The molecule has 0 atom stereocenters. The second kappa shape index (κ2) is 11.9. The fraction of sp³-hybridized carbons (Fsp3) is 0.474. The molecule has 0 bridgehead atoms. The van der Waals surface area contributed by atoms with Crippen LogP contribution in [0.25, 0.3) is 0 Å². The summed E-state index contributed by atoms with van der Waals surface area (Å²) in [5.74, 6) is -0.383. The molecular formula is C19H28N4O2. The Kier molecular flexibility index (Phi) is 9.79. The van der Waals surface area contributed by atoms with E-state index in [4.69, 9.17) is 10.00 Å². The summed E-state index contributed by atoms with van der Waals surface area (Å²) in [6.45, 7) is 9.80. The minimum Gasteiger partial charge on any atom is -0.382 e. The minimum atomic E-state index is -0.383. The zero-order chi connectivity index (χ0) is 18.5. The summed E-state index contributed by atoms with van der Waals surface area (Å²) in [6.07, 6.45) is 2.16. The Morgan fingerprint density at radius 1 is 1.24 bits per heavy atom. The van der Waals surface area contributed by atoms with Gasteiger partial charge in [-0.15, -0.1) is 0 Å². The second-order valence-corrected chi connectivity index (χ2v) is 5.34. The fourth-order valence-corrected chi connectivity index (χ4v) is 2.28. The first-order valence-electron chi connectivity index (χ1n) is 8.73. The van der Waals surface area contributed by atoms with Crippen LogP contribution < -0.4 is 15.5 Å². The molecule has 0 saturated heterocycles. The number of benzene rings is 1. The van der Waals surface area contributed by atoms with E-state index >= 15 is 0 Å². The number of nitrogens with zero attached hydrogens (tertiary/aromatic N) is 2. The van der Waals surface area contributed by atoms with Gasteiger partial charge >= 0.3 is 0 Å². The smallest absolute Gasteiger partial charge is 0.263 e. The highest BCUT2D eigenvalue weighted by molar-refractivity contribution is 5.97. The third kappa shape index (κ3) is 7.27. The predicted molar refractivity (Wildman–Crippen MR) is 101 cm³/mol. The van der Waals surface area contributed by atoms with Crippen molar-refractivity contribution in [1.29, 1.82) is 5.26 Å². The van der Waals surface area contributed by atoms with Crippen LogP contribution in [0.1, 0.15) is 27.2 Å². The Labute approximate surface area is 150 Å². The highest BCUT2D eigenvalue weighted by Crippen LogP contribution is 2.17. The molecule has 0 aliphatic heterocycles. The SMILES string of the molecule is CCOCCCNC(=O)/C(C#N)=C\Nc1ccc(N(CC)CC)cc1. The van der Waals surface area contributed by atoms with Gasteiger partial charge in [-0.05, 0) is 51.5 Å². The number of anilines is 2. The molecule has 0 unspecified atom stereocenters. The van der Waals surface area contributed by atoms with E-state index in [2.05, 4.69) is 29.4 Å². The molecule has 0 fully saturated rings. The molecule has 0 aliphatic carbocycles. The molecule has 2 N–H and O–H groups in total. The first kappa shape index (κ1) is 20.5. The van der Waals surface area contributed by atoms with E-state index < -0.39 is 0 Å². The zero-order valence-corrected chi connectivity index (χ0v) is 15.3. The lowest BCUT2D eigenvalue weighted by atomic mass is 10.2. The van der Waals surface area contributed by atoms with E-state index in [9.17, 15) is 4.79 Å². The lowest BCUT2D eigenvalue weighted by molar-refractivity contribution is -0.117. The summed E-state index contributed by atoms with van der Waals surface area (Å²) < 4.78 is 5.20. The van der Waals surface area contributed by atoms with Crippen molar-refractivity contribution in [3.8, 4) is 6.07 Å². The Bertz CT molecular complexity index is 586. The van der Waals surface area contributed by atoms with Crippen LogP contribution >= 0.6 is 0 Å². The van der Waals surface area contributed by atoms with Crippen molar-refractivity contribution in [1.82, 2.24) is 5.32 Å². The number of carbonyl (C=O) groups excluding carboxylic acids is 1. The molecule has 1 aromatic rings. The monoisotopic (exact) mass is 344 g/mol. The van der Waals surface area contributed by atoms with Crippen molar-refractivity contribution in [2.45, 2.75) is 27.2 Å². The van der Waals surface area contributed by atoms with Crippen molar-refractivity contribution >= 4 is 17.3 Å². The molecule has 0 heterocycles. The Balaban J connectivity index is 2.56. The third-order valence-electron chi connectivity index (χ3n) is 3.70. The molecule has 6 heteroatoms. The van der Waals surface area contributed by atoms with E-state index in [1.165, 1.54) is 6.20 Å². The molecule has 1 rings (SSSR count). The fourth-order valence-electron chi connectivity index (χ4n) is 2.28. The summed E-state index contributed by atoms with van der Waals surface area (Å²) >= 11 is 0. The number of ether oxygens (including phenoxy) is 1. The molecule has 1 amide bonds. The van der Waals surface area contributed by atoms with Crippen LogP contribution in [0.5, 0.6) is 0 Å². The van der Waals surface area contributed by atoms with Crippen molar-refractivity contribution in [2.24, 2.45) is 0 Å². The molecule has 0 spiro atoms. The number of nitrogens with one attached hydrogen (secondary N) is 2. The molecule has 0 aromatic heterocycles. The van der Waals surface area contributed by atoms with Crippen molar-refractivity contribution in [3.05, 3.63) is 36.0 Å². The molecule has 6 nitrogen and oxygen atoms in total. The summed E-state index contributed by atoms with van der Waals surface area (Å²) in [7, 11) is 0. The second-order valence-electron chi connectivity index (χ2n) is 5.34. The Hall–Kier alpha value is -2.52. The molecule has 0 saturated carbocycles. The van der Waals surface area contributed by atoms with E-state index in [0.29, 0.717) is 19.8 Å². The summed E-state index contributed by atoms with van der Waals surface area (Å²) in [5, 5.41) is 14.9. The van der Waals surface area contributed by atoms with Gasteiger partial charge in [0.2, 0.25) is 0 Å². The van der Waals surface area contributed by atoms with Crippen LogP contribution in [-0.2, 0) is 9.53 Å². The Morgan fingerprint density at radius 2 is 1.92 bits per heavy atom. The van der Waals surface area contributed by atoms with E-state index in [-0.39, 0.29) is 11.5 Å². The highest BCUT2D eigenvalue weighted by atomic mass is 16.5. The predicted octanol–water partition coefficient (Wildman–Crippen LogP) is 2.89. The summed E-state index contributed by atoms with van der Waals surface area (Å²) in [6, 6.07) is 9.81. The van der Waals surface area contributed by atoms with Gasteiger partial charge in [0, 0.05) is 50.4 Å². The normalized spacial score (nSPS) is 10.9. The zero-order valence-electron chi connectivity index (χ0n) is 15.3. The van der Waals surface area contributed by atoms with E-state index in [1.807, 2.05) is 37.3 Å². The number of rotatable bonds is 11. The molecular weight excluding hydrogens is 316 g/mol. The molecule has 0 aliphatic rings. The number of hydrogen-bond donors (Lipinski definition) is 2. The number of hydrogen-bond acceptors (Lipinski definition) is 5. The lowest BCUT2D eigenvalue weighted by Gasteiger charge is -2.21. The maximum atomic E-state index is 12.0. The van der Waals surface area contributed by atoms with E-state index in [1.54, 1.807) is 0 Å². The highest BCUT2D eigenvalue weighted by Gasteiger charge is 2.08. The van der Waals surface area contributed by atoms with Gasteiger partial charge < -0.3 is 20.3 Å². The first-order valence-corrected chi connectivity index (χ1v) is 8.73. The van der Waals surface area contributed by atoms with Gasteiger partial charge in [-0.2, -0.15) is 5.26 Å². The Morgan fingerprint density at radius 3 is 2.48 bits per heavy atom. The van der Waals surface area contributed by atoms with Crippen LogP contribution in [0.4, 0.5) is 11.4 Å². The average molecular weight is 344 g/mol. The molecule has 136 valence electrons. The van der Waals surface area contributed by atoms with Crippen LogP contribution in [0.15, 0.2) is 36.0 Å². The standard InChI is InChI=1S/C19H28N4O2/c1-4-23(5-2)18-10-8-17(9-11-18)22-15-16(14-20)19(24)21-12-7-13-25-6-3/h8-11,15,22H,4-7,12-13H2,1-3H3,(H,21,24)/b16-15-. The lowest BCUT2D eigenvalue weighted by Crippen LogP contribution is -2.26. The topological polar surface area (TPSA) is 77.4 Å². The number of amides is 1. The van der Waals surface area contributed by atoms with Crippen LogP contribution in [0.3, 0.4) is 0 Å². The maximum absolute atomic E-state index is 12.0. The average Bonchev–Trinajstić information content (AvgIpc) is 2.64. The van der Waals surface area contributed by atoms with Crippen LogP contribution in [-0.4, -0.2) is 38.8 Å². The molecule has 25 heavy (non-hydrogen) atoms. The van der Waals surface area contributed by atoms with Crippen molar-refractivity contribution in [3.63, 3.8) is 0 Å². The van der Waals surface area contributed by atoms with Gasteiger partial charge in [0.1, 0.15) is 11.6 Å². The molecule has 1 aromatic carbocycles. The van der Waals surface area contributed by atoms with Gasteiger partial charge in [-0.1, -0.05) is 0 Å². The van der Waals surface area contributed by atoms with Crippen molar-refractivity contribution < 1.29 is 9.53 Å². The van der Waals surface area contributed by atoms with Gasteiger partial charge in [0.05, 0.1) is 0 Å². The molecule has 0 radical (unpaired) electrons. The van der Waals surface area contributed by atoms with Gasteiger partial charge in [0.25, 0.3) is 5.91 Å². The first-order chi connectivity index (χ1) is 12.2. The summed E-state index contributed by atoms with van der Waals surface area (Å²) in [4.78, 5) is 14.2. The van der Waals surface area contributed by atoms with Crippen molar-refractivity contribution in [2.75, 3.05) is 43.1 Å². The van der Waals surface area contributed by atoms with Gasteiger partial charge in [0.15, 0.2) is 0 Å². The van der Waals surface area contributed by atoms with Gasteiger partial charge in [-0.25, -0.2) is 0 Å². The largest absolute Gasteiger partial charge is 0.382 e. The number of carbonyl (C=O) groups is 1. The van der Waals surface area contributed by atoms with Crippen LogP contribution in [0.2, 0.25) is 0 Å². The summed E-state index contributed by atoms with van der Waals surface area (Å²) in [5.41, 5.74) is 2.02. The third-order valence-corrected chi connectivity index (χ3v) is 3.70. The number of nitriles is 1. The maximum Gasteiger partial charge on any atom is 0.263 e. The van der Waals surface area contributed by atoms with Gasteiger partial charge in [-0.3, -0.25) is 4.79 Å². The van der Waals surface area contributed by atoms with Crippen LogP contribution in [0, 0.1) is 11.3 Å². The van der Waals surface area contributed by atoms with E-state index in [0.717, 1.165) is 30.9 Å².